The Kier molecular flexibility index (Phi) is 4.61. The van der Waals surface area contributed by atoms with E-state index in [1.165, 1.54) is 17.5 Å². The van der Waals surface area contributed by atoms with Gasteiger partial charge < -0.3 is 15.4 Å². The zero-order chi connectivity index (χ0) is 17.9. The predicted molar refractivity (Wildman–Crippen MR) is 99.5 cm³/mol. The third-order valence-corrected chi connectivity index (χ3v) is 4.78. The van der Waals surface area contributed by atoms with Crippen LogP contribution in [0.2, 0.25) is 0 Å². The van der Waals surface area contributed by atoms with Crippen LogP contribution in [0.4, 0.5) is 5.69 Å². The molecule has 134 valence electrons. The van der Waals surface area contributed by atoms with Crippen molar-refractivity contribution in [3.8, 4) is 5.75 Å². The molecule has 0 atom stereocenters. The third kappa shape index (κ3) is 4.04. The maximum atomic E-state index is 12.1. The van der Waals surface area contributed by atoms with Gasteiger partial charge in [-0.3, -0.25) is 9.59 Å². The van der Waals surface area contributed by atoms with Crippen molar-refractivity contribution in [1.29, 1.82) is 0 Å². The van der Waals surface area contributed by atoms with Crippen LogP contribution in [-0.4, -0.2) is 24.5 Å². The van der Waals surface area contributed by atoms with Crippen molar-refractivity contribution in [3.63, 3.8) is 0 Å². The summed E-state index contributed by atoms with van der Waals surface area (Å²) in [6.07, 6.45) is 5.52. The fraction of sp³-hybridized carbons (Fsp3) is 0.333. The van der Waals surface area contributed by atoms with Gasteiger partial charge in [-0.1, -0.05) is 6.07 Å². The second-order valence-electron chi connectivity index (χ2n) is 6.95. The summed E-state index contributed by atoms with van der Waals surface area (Å²) in [5.41, 5.74) is 3.95. The zero-order valence-electron chi connectivity index (χ0n) is 14.6. The van der Waals surface area contributed by atoms with Crippen molar-refractivity contribution in [2.75, 3.05) is 11.9 Å². The van der Waals surface area contributed by atoms with Crippen LogP contribution >= 0.6 is 0 Å². The lowest BCUT2D eigenvalue weighted by atomic mass is 10.1. The number of aryl methyl sites for hydroxylation is 2. The first-order valence-corrected chi connectivity index (χ1v) is 9.13. The molecule has 2 N–H and O–H groups in total. The van der Waals surface area contributed by atoms with Crippen LogP contribution in [-0.2, 0) is 17.6 Å². The molecule has 1 fully saturated rings. The second-order valence-corrected chi connectivity index (χ2v) is 6.95. The number of carbonyl (C=O) groups is 2. The normalized spacial score (nSPS) is 15.2. The van der Waals surface area contributed by atoms with Crippen LogP contribution in [0.15, 0.2) is 42.5 Å². The van der Waals surface area contributed by atoms with Crippen LogP contribution in [0, 0.1) is 0 Å². The Morgan fingerprint density at radius 1 is 1.00 bits per heavy atom. The van der Waals surface area contributed by atoms with E-state index in [1.807, 2.05) is 12.1 Å². The highest BCUT2D eigenvalue weighted by molar-refractivity contribution is 5.96. The molecule has 5 heteroatoms. The standard InChI is InChI=1S/C21H22N2O3/c24-20(13-26-19-11-6-14-2-1-3-16(14)12-19)22-17-7-4-15(5-8-17)21(25)23-18-9-10-18/h4-8,11-12,18H,1-3,9-10,13H2,(H,22,24)(H,23,25). The van der Waals surface area contributed by atoms with Crippen molar-refractivity contribution < 1.29 is 14.3 Å². The molecule has 2 aromatic rings. The maximum Gasteiger partial charge on any atom is 0.262 e. The molecule has 0 unspecified atom stereocenters. The van der Waals surface area contributed by atoms with Gasteiger partial charge in [0.15, 0.2) is 6.61 Å². The first kappa shape index (κ1) is 16.6. The maximum absolute atomic E-state index is 12.1. The molecule has 0 aromatic heterocycles. The number of amides is 2. The van der Waals surface area contributed by atoms with Gasteiger partial charge in [0.1, 0.15) is 5.75 Å². The van der Waals surface area contributed by atoms with E-state index in [0.717, 1.165) is 31.4 Å². The average Bonchev–Trinajstić information content (AvgIpc) is 3.33. The van der Waals surface area contributed by atoms with E-state index in [0.29, 0.717) is 17.3 Å². The number of rotatable bonds is 6. The lowest BCUT2D eigenvalue weighted by molar-refractivity contribution is -0.118. The molecule has 0 spiro atoms. The lowest BCUT2D eigenvalue weighted by Crippen LogP contribution is -2.25. The molecule has 2 amide bonds. The number of hydrogen-bond acceptors (Lipinski definition) is 3. The summed E-state index contributed by atoms with van der Waals surface area (Å²) in [5, 5.41) is 5.73. The molecule has 5 nitrogen and oxygen atoms in total. The van der Waals surface area contributed by atoms with Gasteiger partial charge in [-0.25, -0.2) is 0 Å². The van der Waals surface area contributed by atoms with Crippen molar-refractivity contribution in [2.24, 2.45) is 0 Å². The summed E-state index contributed by atoms with van der Waals surface area (Å²) in [7, 11) is 0. The van der Waals surface area contributed by atoms with Gasteiger partial charge in [0.2, 0.25) is 0 Å². The highest BCUT2D eigenvalue weighted by Crippen LogP contribution is 2.26. The van der Waals surface area contributed by atoms with E-state index >= 15 is 0 Å². The summed E-state index contributed by atoms with van der Waals surface area (Å²) in [4.78, 5) is 24.0. The molecule has 0 heterocycles. The van der Waals surface area contributed by atoms with Gasteiger partial charge in [0.05, 0.1) is 0 Å². The molecule has 0 bridgehead atoms. The van der Waals surface area contributed by atoms with Crippen LogP contribution in [0.5, 0.6) is 5.75 Å². The van der Waals surface area contributed by atoms with E-state index in [4.69, 9.17) is 4.74 Å². The minimum atomic E-state index is -0.222. The molecule has 2 aromatic carbocycles. The van der Waals surface area contributed by atoms with Gasteiger partial charge in [-0.2, -0.15) is 0 Å². The number of benzene rings is 2. The Morgan fingerprint density at radius 2 is 1.77 bits per heavy atom. The largest absolute Gasteiger partial charge is 0.484 e. The fourth-order valence-corrected chi connectivity index (χ4v) is 3.19. The fourth-order valence-electron chi connectivity index (χ4n) is 3.19. The molecule has 0 radical (unpaired) electrons. The summed E-state index contributed by atoms with van der Waals surface area (Å²) in [6.45, 7) is -0.0390. The molecular weight excluding hydrogens is 328 g/mol. The van der Waals surface area contributed by atoms with Crippen LogP contribution in [0.1, 0.15) is 40.7 Å². The smallest absolute Gasteiger partial charge is 0.262 e. The van der Waals surface area contributed by atoms with E-state index < -0.39 is 0 Å². The Labute approximate surface area is 152 Å². The van der Waals surface area contributed by atoms with Crippen molar-refractivity contribution >= 4 is 17.5 Å². The van der Waals surface area contributed by atoms with Gasteiger partial charge in [-0.05, 0) is 79.6 Å². The highest BCUT2D eigenvalue weighted by atomic mass is 16.5. The number of anilines is 1. The predicted octanol–water partition coefficient (Wildman–Crippen LogP) is 3.09. The lowest BCUT2D eigenvalue weighted by Gasteiger charge is -2.09. The summed E-state index contributed by atoms with van der Waals surface area (Å²) in [6, 6.07) is 13.3. The Morgan fingerprint density at radius 3 is 2.54 bits per heavy atom. The molecule has 0 aliphatic heterocycles. The minimum Gasteiger partial charge on any atom is -0.484 e. The first-order chi connectivity index (χ1) is 12.7. The van der Waals surface area contributed by atoms with Gasteiger partial charge in [-0.15, -0.1) is 0 Å². The molecule has 4 rings (SSSR count). The number of nitrogens with one attached hydrogen (secondary N) is 2. The Balaban J connectivity index is 1.28. The van der Waals surface area contributed by atoms with E-state index in [-0.39, 0.29) is 18.4 Å². The van der Waals surface area contributed by atoms with Gasteiger partial charge >= 0.3 is 0 Å². The monoisotopic (exact) mass is 350 g/mol. The van der Waals surface area contributed by atoms with E-state index in [9.17, 15) is 9.59 Å². The van der Waals surface area contributed by atoms with Gasteiger partial charge in [0, 0.05) is 17.3 Å². The second kappa shape index (κ2) is 7.20. The summed E-state index contributed by atoms with van der Waals surface area (Å²) in [5.74, 6) is 0.443. The van der Waals surface area contributed by atoms with Crippen molar-refractivity contribution in [3.05, 3.63) is 59.2 Å². The Hall–Kier alpha value is -2.82. The summed E-state index contributed by atoms with van der Waals surface area (Å²) >= 11 is 0. The van der Waals surface area contributed by atoms with Crippen LogP contribution in [0.3, 0.4) is 0 Å². The minimum absolute atomic E-state index is 0.0390. The van der Waals surface area contributed by atoms with Crippen LogP contribution in [0.25, 0.3) is 0 Å². The topological polar surface area (TPSA) is 67.4 Å². The SMILES string of the molecule is O=C(COc1ccc2c(c1)CCC2)Nc1ccc(C(=O)NC2CC2)cc1. The highest BCUT2D eigenvalue weighted by Gasteiger charge is 2.23. The molecule has 0 saturated heterocycles. The molecule has 26 heavy (non-hydrogen) atoms. The quantitative estimate of drug-likeness (QED) is 0.841. The number of hydrogen-bond donors (Lipinski definition) is 2. The number of fused-ring (bicyclic) bond motifs is 1. The van der Waals surface area contributed by atoms with Crippen molar-refractivity contribution in [2.45, 2.75) is 38.1 Å². The molecule has 2 aliphatic rings. The molecule has 1 saturated carbocycles. The average molecular weight is 350 g/mol. The van der Waals surface area contributed by atoms with E-state index in [1.54, 1.807) is 24.3 Å². The molecular formula is C21H22N2O3. The first-order valence-electron chi connectivity index (χ1n) is 9.13. The summed E-state index contributed by atoms with van der Waals surface area (Å²) < 4.78 is 5.60. The van der Waals surface area contributed by atoms with Crippen LogP contribution < -0.4 is 15.4 Å². The third-order valence-electron chi connectivity index (χ3n) is 4.78. The van der Waals surface area contributed by atoms with Gasteiger partial charge in [0.25, 0.3) is 11.8 Å². The number of carbonyl (C=O) groups excluding carboxylic acids is 2. The zero-order valence-corrected chi connectivity index (χ0v) is 14.6. The Bertz CT molecular complexity index is 826. The van der Waals surface area contributed by atoms with Crippen molar-refractivity contribution in [1.82, 2.24) is 5.32 Å². The van der Waals surface area contributed by atoms with E-state index in [2.05, 4.69) is 16.7 Å². The molecule has 2 aliphatic carbocycles. The number of ether oxygens (including phenoxy) is 1.